The molecular formula is C44H44N6O8. The number of imide groups is 2. The highest BCUT2D eigenvalue weighted by Gasteiger charge is 2.44. The van der Waals surface area contributed by atoms with Gasteiger partial charge in [-0.2, -0.15) is 0 Å². The second kappa shape index (κ2) is 16.0. The van der Waals surface area contributed by atoms with Crippen LogP contribution in [0.3, 0.4) is 0 Å². The third-order valence-electron chi connectivity index (χ3n) is 11.7. The maximum atomic E-state index is 13.1. The van der Waals surface area contributed by atoms with Crippen LogP contribution in [0.2, 0.25) is 0 Å². The van der Waals surface area contributed by atoms with Crippen molar-refractivity contribution < 1.29 is 38.2 Å². The summed E-state index contributed by atoms with van der Waals surface area (Å²) in [5, 5.41) is 4.46. The molecule has 14 nitrogen and oxygen atoms in total. The molecule has 6 heterocycles. The van der Waals surface area contributed by atoms with Crippen molar-refractivity contribution in [1.82, 2.24) is 30.1 Å². The van der Waals surface area contributed by atoms with Gasteiger partial charge in [-0.15, -0.1) is 0 Å². The van der Waals surface area contributed by atoms with Crippen LogP contribution in [0.4, 0.5) is 0 Å². The molecule has 0 spiro atoms. The van der Waals surface area contributed by atoms with Crippen LogP contribution in [0.15, 0.2) is 73.2 Å². The Hall–Kier alpha value is -6.15. The number of benzene rings is 2. The predicted molar refractivity (Wildman–Crippen MR) is 212 cm³/mol. The van der Waals surface area contributed by atoms with Gasteiger partial charge in [0.05, 0.1) is 29.9 Å². The monoisotopic (exact) mass is 784 g/mol. The number of hydrogen-bond acceptors (Lipinski definition) is 10. The van der Waals surface area contributed by atoms with E-state index in [9.17, 15) is 24.0 Å². The third kappa shape index (κ3) is 7.63. The zero-order valence-electron chi connectivity index (χ0n) is 32.0. The fraction of sp³-hybridized carbons (Fsp3) is 0.386. The number of aromatic amines is 1. The normalized spacial score (nSPS) is 21.0. The number of nitrogens with zero attached hydrogens (tertiary/aromatic N) is 4. The lowest BCUT2D eigenvalue weighted by Crippen LogP contribution is -2.54. The molecule has 1 atom stereocenters. The highest BCUT2D eigenvalue weighted by atomic mass is 16.5. The highest BCUT2D eigenvalue weighted by Crippen LogP contribution is 2.34. The smallest absolute Gasteiger partial charge is 0.262 e. The number of piperidine rings is 2. The number of H-pyrrole nitrogens is 1. The van der Waals surface area contributed by atoms with Crippen LogP contribution >= 0.6 is 0 Å². The highest BCUT2D eigenvalue weighted by molar-refractivity contribution is 6.23. The minimum absolute atomic E-state index is 0.0670. The summed E-state index contributed by atoms with van der Waals surface area (Å²) < 4.78 is 18.4. The van der Waals surface area contributed by atoms with Crippen LogP contribution in [-0.2, 0) is 19.1 Å². The van der Waals surface area contributed by atoms with E-state index in [1.807, 2.05) is 35.5 Å². The summed E-state index contributed by atoms with van der Waals surface area (Å²) in [5.41, 5.74) is 4.63. The molecule has 298 valence electrons. The largest absolute Gasteiger partial charge is 0.494 e. The fourth-order valence-corrected chi connectivity index (χ4v) is 8.40. The molecule has 2 aromatic carbocycles. The molecule has 9 rings (SSSR count). The van der Waals surface area contributed by atoms with E-state index in [1.54, 1.807) is 12.3 Å². The Bertz CT molecular complexity index is 2400. The number of ether oxygens (including phenoxy) is 3. The average molecular weight is 785 g/mol. The Labute approximate surface area is 334 Å². The summed E-state index contributed by atoms with van der Waals surface area (Å²) in [7, 11) is 0. The lowest BCUT2D eigenvalue weighted by molar-refractivity contribution is -0.139. The topological polar surface area (TPSA) is 173 Å². The number of nitrogens with one attached hydrogen (secondary N) is 2. The number of carbonyl (C=O) groups excluding carboxylic acids is 5. The Balaban J connectivity index is 0.643. The van der Waals surface area contributed by atoms with Gasteiger partial charge in [0, 0.05) is 90.8 Å². The number of unbranched alkanes of at least 4 members (excludes halogenated alkanes) is 2. The molecule has 3 aliphatic heterocycles. The third-order valence-corrected chi connectivity index (χ3v) is 11.7. The van der Waals surface area contributed by atoms with Crippen LogP contribution in [0, 0.1) is 0 Å². The second-order valence-electron chi connectivity index (χ2n) is 15.6. The van der Waals surface area contributed by atoms with Gasteiger partial charge in [0.25, 0.3) is 11.8 Å². The molecule has 5 aromatic rings. The van der Waals surface area contributed by atoms with Crippen molar-refractivity contribution in [2.45, 2.75) is 88.6 Å². The van der Waals surface area contributed by atoms with E-state index < -0.39 is 29.7 Å². The van der Waals surface area contributed by atoms with E-state index in [4.69, 9.17) is 14.2 Å². The lowest BCUT2D eigenvalue weighted by atomic mass is 9.91. The van der Waals surface area contributed by atoms with E-state index in [0.29, 0.717) is 37.7 Å². The van der Waals surface area contributed by atoms with Crippen molar-refractivity contribution >= 4 is 51.3 Å². The summed E-state index contributed by atoms with van der Waals surface area (Å²) in [4.78, 5) is 77.9. The lowest BCUT2D eigenvalue weighted by Gasteiger charge is -2.39. The fourth-order valence-electron chi connectivity index (χ4n) is 8.40. The maximum Gasteiger partial charge on any atom is 0.262 e. The number of carbonyl (C=O) groups is 5. The molecule has 1 aliphatic carbocycles. The number of likely N-dealkylation sites (tertiary alicyclic amines) is 1. The van der Waals surface area contributed by atoms with Gasteiger partial charge in [-0.3, -0.25) is 39.2 Å². The van der Waals surface area contributed by atoms with Crippen LogP contribution in [0.1, 0.15) is 84.9 Å². The average Bonchev–Trinajstić information content (AvgIpc) is 3.71. The first-order chi connectivity index (χ1) is 28.3. The quantitative estimate of drug-likeness (QED) is 0.111. The molecule has 14 heteroatoms. The van der Waals surface area contributed by atoms with Gasteiger partial charge in [-0.25, -0.2) is 4.98 Å². The van der Waals surface area contributed by atoms with E-state index in [-0.39, 0.29) is 48.2 Å². The molecule has 3 fully saturated rings. The molecule has 0 bridgehead atoms. The van der Waals surface area contributed by atoms with Crippen molar-refractivity contribution in [1.29, 1.82) is 0 Å². The first-order valence-electron chi connectivity index (χ1n) is 20.2. The van der Waals surface area contributed by atoms with Crippen molar-refractivity contribution in [3.05, 3.63) is 84.3 Å². The minimum atomic E-state index is -1.01. The van der Waals surface area contributed by atoms with E-state index >= 15 is 0 Å². The van der Waals surface area contributed by atoms with Crippen LogP contribution in [0.25, 0.3) is 32.9 Å². The SMILES string of the molecule is O=C1CCC(N2C(=O)c3ccc(OCCCCCC(=O)N4CCC(OC5CC(Oc6ccc(-c7ccc8c(c7)[nH]c7ccncc78)cn6)C5)CC4)cc3C2=O)C(=O)N1. The summed E-state index contributed by atoms with van der Waals surface area (Å²) >= 11 is 0. The molecule has 5 amide bonds. The molecular weight excluding hydrogens is 741 g/mol. The summed E-state index contributed by atoms with van der Waals surface area (Å²) in [6.07, 6.45) is 12.1. The zero-order chi connectivity index (χ0) is 39.8. The number of fused-ring (bicyclic) bond motifs is 4. The van der Waals surface area contributed by atoms with Crippen molar-refractivity contribution in [2.75, 3.05) is 19.7 Å². The molecule has 2 N–H and O–H groups in total. The summed E-state index contributed by atoms with van der Waals surface area (Å²) in [5.74, 6) is -0.948. The molecule has 1 saturated carbocycles. The Morgan fingerprint density at radius 2 is 1.60 bits per heavy atom. The number of amides is 5. The van der Waals surface area contributed by atoms with E-state index in [1.165, 1.54) is 12.1 Å². The van der Waals surface area contributed by atoms with Gasteiger partial charge in [0.1, 0.15) is 17.9 Å². The second-order valence-corrected chi connectivity index (χ2v) is 15.6. The molecule has 1 unspecified atom stereocenters. The van der Waals surface area contributed by atoms with Gasteiger partial charge in [0.2, 0.25) is 23.6 Å². The number of pyridine rings is 2. The number of aromatic nitrogens is 3. The van der Waals surface area contributed by atoms with Crippen LogP contribution < -0.4 is 14.8 Å². The molecule has 58 heavy (non-hydrogen) atoms. The maximum absolute atomic E-state index is 13.1. The van der Waals surface area contributed by atoms with Gasteiger partial charge in [-0.1, -0.05) is 12.1 Å². The molecule has 2 saturated heterocycles. The van der Waals surface area contributed by atoms with E-state index in [2.05, 4.69) is 38.5 Å². The van der Waals surface area contributed by atoms with Gasteiger partial charge in [0.15, 0.2) is 0 Å². The summed E-state index contributed by atoms with van der Waals surface area (Å²) in [6, 6.07) is 16.0. The number of rotatable bonds is 13. The molecule has 4 aliphatic rings. The van der Waals surface area contributed by atoms with Gasteiger partial charge < -0.3 is 24.1 Å². The predicted octanol–water partition coefficient (Wildman–Crippen LogP) is 5.74. The minimum Gasteiger partial charge on any atom is -0.494 e. The van der Waals surface area contributed by atoms with Crippen molar-refractivity contribution in [2.24, 2.45) is 0 Å². The van der Waals surface area contributed by atoms with Crippen LogP contribution in [-0.4, -0.2) is 98.3 Å². The van der Waals surface area contributed by atoms with Crippen molar-refractivity contribution in [3.63, 3.8) is 0 Å². The first-order valence-corrected chi connectivity index (χ1v) is 20.2. The number of hydrogen-bond donors (Lipinski definition) is 2. The molecule has 3 aromatic heterocycles. The Morgan fingerprint density at radius 1 is 0.776 bits per heavy atom. The summed E-state index contributed by atoms with van der Waals surface area (Å²) in [6.45, 7) is 1.79. The van der Waals surface area contributed by atoms with E-state index in [0.717, 1.165) is 82.8 Å². The standard InChI is InChI=1S/C44H44N6O8/c51-39-11-10-38(42(53)48-39)50-43(54)33-9-7-29(23-34(33)44(50)55)56-19-3-1-2-4-41(52)49-17-14-28(15-18-49)57-30-21-31(22-30)58-40-12-6-27(24-46-40)26-5-8-32-35-25-45-16-13-36(35)47-37(32)20-26/h5-9,12-13,16,20,23-25,28,30-31,38,47H,1-4,10-11,14-15,17-19,21-22H2,(H,48,51,53). The molecule has 0 radical (unpaired) electrons. The Kier molecular flexibility index (Phi) is 10.3. The zero-order valence-corrected chi connectivity index (χ0v) is 32.0. The first kappa shape index (κ1) is 37.4. The van der Waals surface area contributed by atoms with Gasteiger partial charge >= 0.3 is 0 Å². The van der Waals surface area contributed by atoms with Crippen LogP contribution in [0.5, 0.6) is 11.6 Å². The Morgan fingerprint density at radius 3 is 2.41 bits per heavy atom. The van der Waals surface area contributed by atoms with Gasteiger partial charge in [-0.05, 0) is 80.5 Å². The van der Waals surface area contributed by atoms with Crippen molar-refractivity contribution in [3.8, 4) is 22.8 Å².